The van der Waals surface area contributed by atoms with E-state index < -0.39 is 10.0 Å². The van der Waals surface area contributed by atoms with Gasteiger partial charge in [-0.2, -0.15) is 5.26 Å². The van der Waals surface area contributed by atoms with Gasteiger partial charge in [0.25, 0.3) is 0 Å². The molecule has 138 valence electrons. The van der Waals surface area contributed by atoms with E-state index in [-0.39, 0.29) is 11.4 Å². The molecule has 0 heterocycles. The molecule has 0 aliphatic heterocycles. The van der Waals surface area contributed by atoms with Gasteiger partial charge in [-0.15, -0.1) is 0 Å². The molecule has 2 aromatic rings. The van der Waals surface area contributed by atoms with Gasteiger partial charge in [0.05, 0.1) is 29.7 Å². The van der Waals surface area contributed by atoms with E-state index in [9.17, 15) is 8.42 Å². The van der Waals surface area contributed by atoms with Gasteiger partial charge in [-0.1, -0.05) is 12.1 Å². The Labute approximate surface area is 154 Å². The van der Waals surface area contributed by atoms with Gasteiger partial charge in [0.15, 0.2) is 11.5 Å². The molecule has 0 atom stereocenters. The lowest BCUT2D eigenvalue weighted by molar-refractivity contribution is 0.287. The number of nitriles is 1. The second-order valence-electron chi connectivity index (χ2n) is 5.43. The first-order chi connectivity index (χ1) is 12.5. The quantitative estimate of drug-likeness (QED) is 0.729. The molecule has 26 heavy (non-hydrogen) atoms. The lowest BCUT2D eigenvalue weighted by atomic mass is 10.1. The maximum atomic E-state index is 12.3. The van der Waals surface area contributed by atoms with Gasteiger partial charge in [-0.25, -0.2) is 13.1 Å². The van der Waals surface area contributed by atoms with Crippen molar-refractivity contribution in [2.24, 2.45) is 0 Å². The summed E-state index contributed by atoms with van der Waals surface area (Å²) in [4.78, 5) is 0.0817. The van der Waals surface area contributed by atoms with Crippen molar-refractivity contribution in [1.82, 2.24) is 4.72 Å². The molecule has 0 radical (unpaired) electrons. The number of hydrogen-bond acceptors (Lipinski definition) is 5. The van der Waals surface area contributed by atoms with Crippen molar-refractivity contribution < 1.29 is 17.9 Å². The van der Waals surface area contributed by atoms with Crippen LogP contribution in [-0.2, 0) is 16.4 Å². The molecule has 0 amide bonds. The van der Waals surface area contributed by atoms with Gasteiger partial charge in [-0.3, -0.25) is 0 Å². The Kier molecular flexibility index (Phi) is 7.01. The van der Waals surface area contributed by atoms with Crippen LogP contribution in [0.25, 0.3) is 0 Å². The lowest BCUT2D eigenvalue weighted by Gasteiger charge is -2.13. The molecule has 0 fully saturated rings. The van der Waals surface area contributed by atoms with Crippen LogP contribution in [0.5, 0.6) is 11.5 Å². The topological polar surface area (TPSA) is 88.4 Å². The summed E-state index contributed by atoms with van der Waals surface area (Å²) < 4.78 is 38.3. The number of benzene rings is 2. The first kappa shape index (κ1) is 19.8. The molecular weight excluding hydrogens is 352 g/mol. The Balaban J connectivity index is 2.04. The number of nitrogens with zero attached hydrogens (tertiary/aromatic N) is 1. The zero-order chi connectivity index (χ0) is 19.0. The van der Waals surface area contributed by atoms with Crippen molar-refractivity contribution in [2.75, 3.05) is 19.8 Å². The van der Waals surface area contributed by atoms with E-state index >= 15 is 0 Å². The fraction of sp³-hybridized carbons (Fsp3) is 0.316. The summed E-state index contributed by atoms with van der Waals surface area (Å²) in [5.74, 6) is 1.32. The van der Waals surface area contributed by atoms with E-state index in [1.807, 2.05) is 38.1 Å². The third kappa shape index (κ3) is 5.22. The minimum Gasteiger partial charge on any atom is -0.490 e. The average molecular weight is 374 g/mol. The largest absolute Gasteiger partial charge is 0.490 e. The molecule has 0 aliphatic rings. The lowest BCUT2D eigenvalue weighted by Crippen LogP contribution is -2.26. The fourth-order valence-corrected chi connectivity index (χ4v) is 3.47. The summed E-state index contributed by atoms with van der Waals surface area (Å²) in [7, 11) is -3.66. The van der Waals surface area contributed by atoms with Crippen LogP contribution < -0.4 is 14.2 Å². The SMILES string of the molecule is CCOc1ccc(CCNS(=O)(=O)c2cccc(C#N)c2)cc1OCC. The zero-order valence-electron chi connectivity index (χ0n) is 14.9. The second-order valence-corrected chi connectivity index (χ2v) is 7.20. The predicted octanol–water partition coefficient (Wildman–Crippen LogP) is 2.88. The van der Waals surface area contributed by atoms with Crippen LogP contribution in [-0.4, -0.2) is 28.2 Å². The van der Waals surface area contributed by atoms with Crippen molar-refractivity contribution in [2.45, 2.75) is 25.2 Å². The Bertz CT molecular complexity index is 889. The van der Waals surface area contributed by atoms with E-state index in [0.717, 1.165) is 5.56 Å². The monoisotopic (exact) mass is 374 g/mol. The Morgan fingerprint density at radius 3 is 2.46 bits per heavy atom. The molecule has 0 saturated heterocycles. The van der Waals surface area contributed by atoms with E-state index in [0.29, 0.717) is 36.7 Å². The molecule has 7 heteroatoms. The summed E-state index contributed by atoms with van der Waals surface area (Å²) in [5, 5.41) is 8.90. The van der Waals surface area contributed by atoms with Crippen LogP contribution in [0.15, 0.2) is 47.4 Å². The van der Waals surface area contributed by atoms with Gasteiger partial charge in [0.1, 0.15) is 0 Å². The highest BCUT2D eigenvalue weighted by molar-refractivity contribution is 7.89. The van der Waals surface area contributed by atoms with Crippen molar-refractivity contribution in [1.29, 1.82) is 5.26 Å². The van der Waals surface area contributed by atoms with E-state index in [2.05, 4.69) is 4.72 Å². The molecule has 2 aromatic carbocycles. The smallest absolute Gasteiger partial charge is 0.240 e. The number of sulfonamides is 1. The first-order valence-electron chi connectivity index (χ1n) is 8.38. The predicted molar refractivity (Wildman–Crippen MR) is 98.8 cm³/mol. The Morgan fingerprint density at radius 1 is 1.04 bits per heavy atom. The third-order valence-electron chi connectivity index (χ3n) is 3.59. The highest BCUT2D eigenvalue weighted by Gasteiger charge is 2.14. The maximum Gasteiger partial charge on any atom is 0.240 e. The van der Waals surface area contributed by atoms with E-state index in [1.54, 1.807) is 12.1 Å². The van der Waals surface area contributed by atoms with Crippen LogP contribution in [0, 0.1) is 11.3 Å². The molecular formula is C19H22N2O4S. The minimum atomic E-state index is -3.66. The van der Waals surface area contributed by atoms with Crippen LogP contribution >= 0.6 is 0 Å². The van der Waals surface area contributed by atoms with Gasteiger partial charge < -0.3 is 9.47 Å². The van der Waals surface area contributed by atoms with Gasteiger partial charge in [-0.05, 0) is 56.2 Å². The number of nitrogens with one attached hydrogen (secondary N) is 1. The number of rotatable bonds is 9. The summed E-state index contributed by atoms with van der Waals surface area (Å²) >= 11 is 0. The van der Waals surface area contributed by atoms with Crippen molar-refractivity contribution in [3.05, 3.63) is 53.6 Å². The molecule has 0 aromatic heterocycles. The third-order valence-corrected chi connectivity index (χ3v) is 5.05. The van der Waals surface area contributed by atoms with Crippen molar-refractivity contribution in [3.63, 3.8) is 0 Å². The average Bonchev–Trinajstić information content (AvgIpc) is 2.64. The maximum absolute atomic E-state index is 12.3. The van der Waals surface area contributed by atoms with Gasteiger partial charge in [0, 0.05) is 6.54 Å². The summed E-state index contributed by atoms with van der Waals surface area (Å²) in [5.41, 5.74) is 1.24. The summed E-state index contributed by atoms with van der Waals surface area (Å²) in [6.45, 7) is 5.09. The summed E-state index contributed by atoms with van der Waals surface area (Å²) in [6.07, 6.45) is 0.504. The summed E-state index contributed by atoms with van der Waals surface area (Å²) in [6, 6.07) is 13.4. The normalized spacial score (nSPS) is 11.0. The van der Waals surface area contributed by atoms with Crippen LogP contribution in [0.3, 0.4) is 0 Å². The Morgan fingerprint density at radius 2 is 1.77 bits per heavy atom. The van der Waals surface area contributed by atoms with Gasteiger partial charge >= 0.3 is 0 Å². The highest BCUT2D eigenvalue weighted by atomic mass is 32.2. The molecule has 0 aliphatic carbocycles. The van der Waals surface area contributed by atoms with Crippen LogP contribution in [0.2, 0.25) is 0 Å². The molecule has 0 spiro atoms. The molecule has 1 N–H and O–H groups in total. The van der Waals surface area contributed by atoms with E-state index in [1.165, 1.54) is 12.1 Å². The zero-order valence-corrected chi connectivity index (χ0v) is 15.7. The fourth-order valence-electron chi connectivity index (χ4n) is 2.40. The van der Waals surface area contributed by atoms with Crippen LogP contribution in [0.1, 0.15) is 25.0 Å². The van der Waals surface area contributed by atoms with Crippen LogP contribution in [0.4, 0.5) is 0 Å². The van der Waals surface area contributed by atoms with Crippen molar-refractivity contribution >= 4 is 10.0 Å². The Hall–Kier alpha value is -2.56. The molecule has 2 rings (SSSR count). The minimum absolute atomic E-state index is 0.0817. The molecule has 0 bridgehead atoms. The first-order valence-corrected chi connectivity index (χ1v) is 9.86. The molecule has 0 saturated carbocycles. The number of ether oxygens (including phenoxy) is 2. The van der Waals surface area contributed by atoms with Gasteiger partial charge in [0.2, 0.25) is 10.0 Å². The van der Waals surface area contributed by atoms with E-state index in [4.69, 9.17) is 14.7 Å². The second kappa shape index (κ2) is 9.22. The highest BCUT2D eigenvalue weighted by Crippen LogP contribution is 2.28. The number of hydrogen-bond donors (Lipinski definition) is 1. The molecule has 0 unspecified atom stereocenters. The standard InChI is InChI=1S/C19H22N2O4S/c1-3-24-18-9-8-15(13-19(18)25-4-2)10-11-21-26(22,23)17-7-5-6-16(12-17)14-20/h5-9,12-13,21H,3-4,10-11H2,1-2H3. The molecule has 6 nitrogen and oxygen atoms in total. The van der Waals surface area contributed by atoms with Crippen molar-refractivity contribution in [3.8, 4) is 17.6 Å².